The van der Waals surface area contributed by atoms with Crippen molar-refractivity contribution in [3.63, 3.8) is 0 Å². The van der Waals surface area contributed by atoms with Gasteiger partial charge in [-0.25, -0.2) is 0 Å². The molecule has 1 unspecified atom stereocenters. The summed E-state index contributed by atoms with van der Waals surface area (Å²) in [4.78, 5) is 38.3. The molecule has 0 bridgehead atoms. The number of allylic oxidation sites excluding steroid dienone is 18. The second-order valence-corrected chi connectivity index (χ2v) is 22.3. The molecule has 0 amide bonds. The van der Waals surface area contributed by atoms with Crippen molar-refractivity contribution in [2.45, 2.75) is 329 Å². The number of hydrogen-bond donors (Lipinski definition) is 0. The van der Waals surface area contributed by atoms with Crippen molar-refractivity contribution >= 4 is 17.9 Å². The Labute approximate surface area is 495 Å². The van der Waals surface area contributed by atoms with E-state index in [1.165, 1.54) is 167 Å². The molecule has 6 heteroatoms. The molecule has 0 N–H and O–H groups in total. The van der Waals surface area contributed by atoms with Crippen LogP contribution in [0.3, 0.4) is 0 Å². The highest BCUT2D eigenvalue weighted by atomic mass is 16.6. The molecular weight excluding hydrogens is 985 g/mol. The Kier molecular flexibility index (Phi) is 64.3. The molecule has 0 aromatic carbocycles. The molecular formula is C74H126O6. The number of carbonyl (C=O) groups excluding carboxylic acids is 3. The summed E-state index contributed by atoms with van der Waals surface area (Å²) < 4.78 is 16.9. The molecule has 0 aliphatic heterocycles. The fraction of sp³-hybridized carbons (Fsp3) is 0.716. The molecule has 80 heavy (non-hydrogen) atoms. The summed E-state index contributed by atoms with van der Waals surface area (Å²) in [5.41, 5.74) is 0. The van der Waals surface area contributed by atoms with Crippen molar-refractivity contribution in [3.05, 3.63) is 109 Å². The Morgan fingerprint density at radius 2 is 0.487 bits per heavy atom. The van der Waals surface area contributed by atoms with Gasteiger partial charge in [-0.15, -0.1) is 0 Å². The van der Waals surface area contributed by atoms with Crippen molar-refractivity contribution in [2.75, 3.05) is 13.2 Å². The average Bonchev–Trinajstić information content (AvgIpc) is 3.46. The molecule has 6 nitrogen and oxygen atoms in total. The second-order valence-electron chi connectivity index (χ2n) is 22.3. The summed E-state index contributed by atoms with van der Waals surface area (Å²) in [5, 5.41) is 0. The Balaban J connectivity index is 4.18. The number of carbonyl (C=O) groups is 3. The Morgan fingerprint density at radius 3 is 0.800 bits per heavy atom. The van der Waals surface area contributed by atoms with Crippen LogP contribution in [0.5, 0.6) is 0 Å². The molecule has 0 heterocycles. The molecule has 0 fully saturated rings. The van der Waals surface area contributed by atoms with Gasteiger partial charge < -0.3 is 14.2 Å². The molecule has 1 atom stereocenters. The van der Waals surface area contributed by atoms with Crippen LogP contribution in [0.2, 0.25) is 0 Å². The van der Waals surface area contributed by atoms with E-state index in [2.05, 4.69) is 130 Å². The second kappa shape index (κ2) is 67.6. The molecule has 0 aliphatic rings. The summed E-state index contributed by atoms with van der Waals surface area (Å²) in [5.74, 6) is -0.935. The Morgan fingerprint density at radius 1 is 0.263 bits per heavy atom. The Bertz CT molecular complexity index is 1610. The van der Waals surface area contributed by atoms with Crippen LogP contribution in [0, 0.1) is 0 Å². The molecule has 0 rings (SSSR count). The zero-order valence-electron chi connectivity index (χ0n) is 52.6. The third-order valence-electron chi connectivity index (χ3n) is 14.5. The van der Waals surface area contributed by atoms with Crippen LogP contribution in [-0.4, -0.2) is 37.2 Å². The van der Waals surface area contributed by atoms with Crippen LogP contribution in [0.15, 0.2) is 109 Å². The summed E-state index contributed by atoms with van der Waals surface area (Å²) in [7, 11) is 0. The first-order valence-corrected chi connectivity index (χ1v) is 33.9. The smallest absolute Gasteiger partial charge is 0.306 e. The lowest BCUT2D eigenvalue weighted by Crippen LogP contribution is -2.30. The van der Waals surface area contributed by atoms with Crippen LogP contribution in [0.25, 0.3) is 0 Å². The molecule has 0 aromatic heterocycles. The molecule has 0 aromatic rings. The van der Waals surface area contributed by atoms with Gasteiger partial charge in [-0.05, 0) is 122 Å². The number of hydrogen-bond acceptors (Lipinski definition) is 6. The zero-order chi connectivity index (χ0) is 57.8. The van der Waals surface area contributed by atoms with E-state index in [1.54, 1.807) is 0 Å². The van der Waals surface area contributed by atoms with Gasteiger partial charge in [-0.2, -0.15) is 0 Å². The van der Waals surface area contributed by atoms with Gasteiger partial charge in [0, 0.05) is 19.3 Å². The maximum Gasteiger partial charge on any atom is 0.306 e. The highest BCUT2D eigenvalue weighted by Gasteiger charge is 2.19. The lowest BCUT2D eigenvalue weighted by molar-refractivity contribution is -0.167. The predicted molar refractivity (Wildman–Crippen MR) is 348 cm³/mol. The minimum absolute atomic E-state index is 0.0948. The first kappa shape index (κ1) is 76.1. The van der Waals surface area contributed by atoms with Crippen LogP contribution in [0.4, 0.5) is 0 Å². The van der Waals surface area contributed by atoms with Gasteiger partial charge >= 0.3 is 17.9 Å². The van der Waals surface area contributed by atoms with E-state index in [0.717, 1.165) is 109 Å². The van der Waals surface area contributed by atoms with E-state index in [4.69, 9.17) is 14.2 Å². The van der Waals surface area contributed by atoms with Gasteiger partial charge in [0.2, 0.25) is 0 Å². The standard InChI is InChI=1S/C74H126O6/c1-4-7-10-13-16-19-22-25-28-29-30-31-32-33-34-35-36-37-38-39-40-41-42-43-44-45-47-49-52-55-58-61-64-67-73(76)79-70-71(69-78-72(75)66-63-60-57-54-51-48-27-24-21-18-15-12-9-6-3)80-74(77)68-65-62-59-56-53-50-46-26-23-20-17-14-11-8-5-2/h7-8,10-11,16-17,19-20,24-28,30-31,46,53,56,71H,4-6,9,12-15,18,21-23,29,32-45,47-52,54-55,57-70H2,1-3H3/b10-7-,11-8-,19-16-,20-17-,27-24-,28-25-,31-30-,46-26-,56-53-. The molecule has 0 spiro atoms. The lowest BCUT2D eigenvalue weighted by Gasteiger charge is -2.18. The first-order valence-electron chi connectivity index (χ1n) is 33.9. The molecule has 0 saturated heterocycles. The van der Waals surface area contributed by atoms with Crippen LogP contribution < -0.4 is 0 Å². The minimum Gasteiger partial charge on any atom is -0.462 e. The highest BCUT2D eigenvalue weighted by Crippen LogP contribution is 2.17. The minimum atomic E-state index is -0.803. The summed E-state index contributed by atoms with van der Waals surface area (Å²) in [6.07, 6.45) is 92.7. The normalized spacial score (nSPS) is 12.8. The fourth-order valence-corrected chi connectivity index (χ4v) is 9.48. The molecule has 458 valence electrons. The van der Waals surface area contributed by atoms with E-state index < -0.39 is 6.10 Å². The molecule has 0 aliphatic carbocycles. The fourth-order valence-electron chi connectivity index (χ4n) is 9.48. The zero-order valence-corrected chi connectivity index (χ0v) is 52.6. The predicted octanol–water partition coefficient (Wildman–Crippen LogP) is 23.4. The summed E-state index contributed by atoms with van der Waals surface area (Å²) >= 11 is 0. The van der Waals surface area contributed by atoms with Gasteiger partial charge in [-0.3, -0.25) is 14.4 Å². The van der Waals surface area contributed by atoms with Crippen molar-refractivity contribution < 1.29 is 28.6 Å². The maximum atomic E-state index is 12.9. The van der Waals surface area contributed by atoms with Crippen molar-refractivity contribution in [2.24, 2.45) is 0 Å². The number of unbranched alkanes of at least 4 members (excludes halogenated alkanes) is 32. The van der Waals surface area contributed by atoms with Crippen molar-refractivity contribution in [1.29, 1.82) is 0 Å². The molecule has 0 saturated carbocycles. The van der Waals surface area contributed by atoms with E-state index in [1.807, 2.05) is 0 Å². The van der Waals surface area contributed by atoms with Gasteiger partial charge in [0.15, 0.2) is 6.10 Å². The van der Waals surface area contributed by atoms with E-state index in [9.17, 15) is 14.4 Å². The third kappa shape index (κ3) is 64.9. The maximum absolute atomic E-state index is 12.9. The van der Waals surface area contributed by atoms with Gasteiger partial charge in [-0.1, -0.05) is 291 Å². The van der Waals surface area contributed by atoms with E-state index >= 15 is 0 Å². The first-order chi connectivity index (χ1) is 39.5. The van der Waals surface area contributed by atoms with E-state index in [-0.39, 0.29) is 37.5 Å². The summed E-state index contributed by atoms with van der Waals surface area (Å²) in [6, 6.07) is 0. The van der Waals surface area contributed by atoms with Crippen LogP contribution in [-0.2, 0) is 28.6 Å². The monoisotopic (exact) mass is 1110 g/mol. The number of esters is 3. The van der Waals surface area contributed by atoms with Crippen molar-refractivity contribution in [1.82, 2.24) is 0 Å². The molecule has 0 radical (unpaired) electrons. The largest absolute Gasteiger partial charge is 0.462 e. The lowest BCUT2D eigenvalue weighted by atomic mass is 10.0. The third-order valence-corrected chi connectivity index (χ3v) is 14.5. The van der Waals surface area contributed by atoms with Crippen LogP contribution >= 0.6 is 0 Å². The van der Waals surface area contributed by atoms with Crippen LogP contribution in [0.1, 0.15) is 323 Å². The Hall–Kier alpha value is -3.93. The topological polar surface area (TPSA) is 78.9 Å². The van der Waals surface area contributed by atoms with Gasteiger partial charge in [0.1, 0.15) is 13.2 Å². The average molecular weight is 1110 g/mol. The summed E-state index contributed by atoms with van der Waals surface area (Å²) in [6.45, 7) is 6.39. The van der Waals surface area contributed by atoms with Crippen molar-refractivity contribution in [3.8, 4) is 0 Å². The highest BCUT2D eigenvalue weighted by molar-refractivity contribution is 5.71. The number of rotatable bonds is 61. The quantitative estimate of drug-likeness (QED) is 0.0261. The van der Waals surface area contributed by atoms with Gasteiger partial charge in [0.25, 0.3) is 0 Å². The van der Waals surface area contributed by atoms with E-state index in [0.29, 0.717) is 19.3 Å². The van der Waals surface area contributed by atoms with Gasteiger partial charge in [0.05, 0.1) is 0 Å². The SMILES string of the molecule is CC/C=C\C/C=C\C/C=C\C/C=C\CCCCCCCCCCCCCCCCCCCCCCC(=O)OCC(COC(=O)CCCCCCC/C=C\CCCCCCC)OC(=O)CCCC/C=C\C/C=C\C/C=C\C/C=C\CC. The number of ether oxygens (including phenoxy) is 3.